The highest BCUT2D eigenvalue weighted by Crippen LogP contribution is 2.39. The van der Waals surface area contributed by atoms with Crippen molar-refractivity contribution in [2.75, 3.05) is 23.4 Å². The van der Waals surface area contributed by atoms with E-state index >= 15 is 0 Å². The van der Waals surface area contributed by atoms with E-state index in [4.69, 9.17) is 4.74 Å². The average Bonchev–Trinajstić information content (AvgIpc) is 2.83. The van der Waals surface area contributed by atoms with Gasteiger partial charge in [0.15, 0.2) is 0 Å². The molecule has 0 bridgehead atoms. The van der Waals surface area contributed by atoms with Crippen molar-refractivity contribution in [2.24, 2.45) is 0 Å². The summed E-state index contributed by atoms with van der Waals surface area (Å²) in [4.78, 5) is 0. The number of ether oxygens (including phenoxy) is 1. The summed E-state index contributed by atoms with van der Waals surface area (Å²) in [5.74, 6) is 2.44. The van der Waals surface area contributed by atoms with Crippen LogP contribution in [-0.2, 0) is 4.74 Å². The fourth-order valence-electron chi connectivity index (χ4n) is 3.14. The van der Waals surface area contributed by atoms with Crippen LogP contribution in [0.25, 0.3) is 0 Å². The second-order valence-electron chi connectivity index (χ2n) is 5.92. The van der Waals surface area contributed by atoms with Gasteiger partial charge in [-0.05, 0) is 56.1 Å². The molecule has 1 aromatic rings. The minimum atomic E-state index is 0.165. The number of anilines is 1. The highest BCUT2D eigenvalue weighted by Gasteiger charge is 2.40. The molecule has 2 unspecified atom stereocenters. The molecule has 1 spiro atoms. The van der Waals surface area contributed by atoms with Crippen LogP contribution in [-0.4, -0.2) is 29.8 Å². The maximum Gasteiger partial charge on any atom is 0.0799 e. The van der Waals surface area contributed by atoms with E-state index in [1.54, 1.807) is 0 Å². The third-order valence-corrected chi connectivity index (χ3v) is 5.75. The number of benzene rings is 1. The topological polar surface area (TPSA) is 21.3 Å². The van der Waals surface area contributed by atoms with E-state index in [2.05, 4.69) is 37.4 Å². The Balaban J connectivity index is 1.71. The Hall–Kier alpha value is -0.670. The van der Waals surface area contributed by atoms with Crippen molar-refractivity contribution in [3.05, 3.63) is 29.3 Å². The lowest BCUT2D eigenvalue weighted by atomic mass is 9.89. The zero-order valence-electron chi connectivity index (χ0n) is 11.9. The molecule has 3 rings (SSSR count). The Morgan fingerprint density at radius 1 is 1.37 bits per heavy atom. The zero-order valence-corrected chi connectivity index (χ0v) is 12.7. The second kappa shape index (κ2) is 5.37. The normalized spacial score (nSPS) is 30.7. The predicted molar refractivity (Wildman–Crippen MR) is 83.2 cm³/mol. The third-order valence-electron chi connectivity index (χ3n) is 4.52. The van der Waals surface area contributed by atoms with E-state index in [0.717, 1.165) is 19.4 Å². The van der Waals surface area contributed by atoms with Crippen molar-refractivity contribution in [3.63, 3.8) is 0 Å². The predicted octanol–water partition coefficient (Wildman–Crippen LogP) is 3.77. The third kappa shape index (κ3) is 2.77. The molecule has 0 amide bonds. The van der Waals surface area contributed by atoms with Crippen LogP contribution in [0.15, 0.2) is 18.2 Å². The van der Waals surface area contributed by atoms with E-state index in [9.17, 15) is 0 Å². The number of thioether (sulfide) groups is 1. The van der Waals surface area contributed by atoms with Gasteiger partial charge < -0.3 is 10.1 Å². The van der Waals surface area contributed by atoms with Crippen LogP contribution in [0.4, 0.5) is 5.69 Å². The first-order valence-corrected chi connectivity index (χ1v) is 8.38. The summed E-state index contributed by atoms with van der Waals surface area (Å²) < 4.78 is 6.09. The Labute approximate surface area is 120 Å². The molecule has 104 valence electrons. The molecule has 2 fully saturated rings. The van der Waals surface area contributed by atoms with E-state index < -0.39 is 0 Å². The molecule has 2 atom stereocenters. The lowest BCUT2D eigenvalue weighted by Gasteiger charge is -2.38. The minimum absolute atomic E-state index is 0.165. The molecule has 2 saturated heterocycles. The Morgan fingerprint density at radius 3 is 3.05 bits per heavy atom. The number of aryl methyl sites for hydroxylation is 1. The zero-order chi connectivity index (χ0) is 13.3. The summed E-state index contributed by atoms with van der Waals surface area (Å²) in [7, 11) is 0. The van der Waals surface area contributed by atoms with Gasteiger partial charge in [0.25, 0.3) is 0 Å². The first-order valence-electron chi connectivity index (χ1n) is 7.23. The Kier molecular flexibility index (Phi) is 3.77. The molecular weight excluding hydrogens is 254 g/mol. The van der Waals surface area contributed by atoms with Crippen LogP contribution in [0.5, 0.6) is 0 Å². The molecule has 2 nitrogen and oxygen atoms in total. The molecule has 19 heavy (non-hydrogen) atoms. The molecule has 3 heteroatoms. The van der Waals surface area contributed by atoms with Crippen molar-refractivity contribution < 1.29 is 4.74 Å². The van der Waals surface area contributed by atoms with Crippen LogP contribution in [0.1, 0.15) is 30.4 Å². The maximum atomic E-state index is 6.09. The van der Waals surface area contributed by atoms with Crippen LogP contribution in [0, 0.1) is 13.8 Å². The van der Waals surface area contributed by atoms with Gasteiger partial charge in [-0.15, -0.1) is 0 Å². The monoisotopic (exact) mass is 277 g/mol. The van der Waals surface area contributed by atoms with Crippen LogP contribution >= 0.6 is 11.8 Å². The molecule has 2 heterocycles. The summed E-state index contributed by atoms with van der Waals surface area (Å²) in [5.41, 5.74) is 4.21. The standard InChI is InChI=1S/C16H23NOS/c1-12-4-3-5-15(13(12)2)17-14-6-8-18-16(10-14)7-9-19-11-16/h3-5,14,17H,6-11H2,1-2H3. The van der Waals surface area contributed by atoms with Gasteiger partial charge in [-0.25, -0.2) is 0 Å². The van der Waals surface area contributed by atoms with Crippen molar-refractivity contribution in [1.29, 1.82) is 0 Å². The van der Waals surface area contributed by atoms with Gasteiger partial charge in [-0.2, -0.15) is 11.8 Å². The SMILES string of the molecule is Cc1cccc(NC2CCOC3(CCSC3)C2)c1C. The van der Waals surface area contributed by atoms with Gasteiger partial charge in [0.2, 0.25) is 0 Å². The molecule has 1 N–H and O–H groups in total. The summed E-state index contributed by atoms with van der Waals surface area (Å²) in [6.45, 7) is 5.29. The van der Waals surface area contributed by atoms with Gasteiger partial charge in [-0.1, -0.05) is 12.1 Å². The first-order chi connectivity index (χ1) is 9.19. The Bertz CT molecular complexity index is 454. The van der Waals surface area contributed by atoms with Crippen molar-refractivity contribution >= 4 is 17.4 Å². The van der Waals surface area contributed by atoms with E-state index in [-0.39, 0.29) is 5.60 Å². The van der Waals surface area contributed by atoms with Crippen LogP contribution < -0.4 is 5.32 Å². The molecule has 2 aliphatic heterocycles. The highest BCUT2D eigenvalue weighted by molar-refractivity contribution is 7.99. The van der Waals surface area contributed by atoms with E-state index in [0.29, 0.717) is 6.04 Å². The van der Waals surface area contributed by atoms with Crippen LogP contribution in [0.3, 0.4) is 0 Å². The number of nitrogens with one attached hydrogen (secondary N) is 1. The van der Waals surface area contributed by atoms with Gasteiger partial charge >= 0.3 is 0 Å². The number of rotatable bonds is 2. The molecule has 0 saturated carbocycles. The fourth-order valence-corrected chi connectivity index (χ4v) is 4.52. The quantitative estimate of drug-likeness (QED) is 0.889. The first kappa shape index (κ1) is 13.3. The maximum absolute atomic E-state index is 6.09. The smallest absolute Gasteiger partial charge is 0.0799 e. The number of hydrogen-bond acceptors (Lipinski definition) is 3. The highest BCUT2D eigenvalue weighted by atomic mass is 32.2. The van der Waals surface area contributed by atoms with Crippen molar-refractivity contribution in [1.82, 2.24) is 0 Å². The van der Waals surface area contributed by atoms with Gasteiger partial charge in [0, 0.05) is 24.1 Å². The van der Waals surface area contributed by atoms with E-state index in [1.165, 1.54) is 34.7 Å². The minimum Gasteiger partial charge on any atom is -0.382 e. The molecule has 0 aromatic heterocycles. The lowest BCUT2D eigenvalue weighted by Crippen LogP contribution is -2.44. The average molecular weight is 277 g/mol. The van der Waals surface area contributed by atoms with Crippen LogP contribution in [0.2, 0.25) is 0 Å². The summed E-state index contributed by atoms with van der Waals surface area (Å²) >= 11 is 2.04. The van der Waals surface area contributed by atoms with Gasteiger partial charge in [0.05, 0.1) is 5.60 Å². The van der Waals surface area contributed by atoms with Crippen molar-refractivity contribution in [2.45, 2.75) is 44.8 Å². The Morgan fingerprint density at radius 2 is 2.26 bits per heavy atom. The largest absolute Gasteiger partial charge is 0.382 e. The summed E-state index contributed by atoms with van der Waals surface area (Å²) in [5, 5.41) is 3.75. The summed E-state index contributed by atoms with van der Waals surface area (Å²) in [6.07, 6.45) is 3.51. The molecule has 2 aliphatic rings. The second-order valence-corrected chi connectivity index (χ2v) is 7.02. The van der Waals surface area contributed by atoms with E-state index in [1.807, 2.05) is 11.8 Å². The molecular formula is C16H23NOS. The molecule has 0 radical (unpaired) electrons. The summed E-state index contributed by atoms with van der Waals surface area (Å²) in [6, 6.07) is 7.09. The van der Waals surface area contributed by atoms with Crippen molar-refractivity contribution in [3.8, 4) is 0 Å². The number of hydrogen-bond donors (Lipinski definition) is 1. The van der Waals surface area contributed by atoms with Gasteiger partial charge in [-0.3, -0.25) is 0 Å². The molecule has 1 aromatic carbocycles. The fraction of sp³-hybridized carbons (Fsp3) is 0.625. The molecule has 0 aliphatic carbocycles. The lowest BCUT2D eigenvalue weighted by molar-refractivity contribution is -0.0628. The van der Waals surface area contributed by atoms with Gasteiger partial charge in [0.1, 0.15) is 0 Å².